The van der Waals surface area contributed by atoms with Crippen LogP contribution >= 0.6 is 11.8 Å². The first-order valence-corrected chi connectivity index (χ1v) is 9.69. The first-order chi connectivity index (χ1) is 10.3. The van der Waals surface area contributed by atoms with Gasteiger partial charge in [0.05, 0.1) is 11.5 Å². The maximum atomic E-state index is 11.7. The zero-order valence-corrected chi connectivity index (χ0v) is 13.9. The highest BCUT2D eigenvalue weighted by Gasteiger charge is 2.15. The number of amides is 1. The number of carbonyl (C=O) groups is 2. The Bertz CT molecular complexity index is 628. The fourth-order valence-electron chi connectivity index (χ4n) is 1.78. The lowest BCUT2D eigenvalue weighted by atomic mass is 10.2. The number of anilines is 1. The molecule has 0 aliphatic rings. The second-order valence-corrected chi connectivity index (χ2v) is 7.90. The molecule has 0 atom stereocenters. The fraction of sp³-hybridized carbons (Fsp3) is 0.429. The molecular weight excluding hydrogens is 326 g/mol. The van der Waals surface area contributed by atoms with E-state index in [2.05, 4.69) is 5.32 Å². The monoisotopic (exact) mass is 345 g/mol. The summed E-state index contributed by atoms with van der Waals surface area (Å²) >= 11 is 1.25. The van der Waals surface area contributed by atoms with E-state index in [1.807, 2.05) is 6.07 Å². The van der Waals surface area contributed by atoms with E-state index in [9.17, 15) is 18.0 Å². The Morgan fingerprint density at radius 1 is 1.32 bits per heavy atom. The zero-order valence-electron chi connectivity index (χ0n) is 12.2. The number of carboxylic acid groups (broad SMARTS) is 1. The van der Waals surface area contributed by atoms with Crippen molar-refractivity contribution in [3.8, 4) is 0 Å². The van der Waals surface area contributed by atoms with E-state index in [4.69, 9.17) is 5.11 Å². The summed E-state index contributed by atoms with van der Waals surface area (Å²) < 4.78 is 23.2. The van der Waals surface area contributed by atoms with E-state index in [0.29, 0.717) is 17.9 Å². The highest BCUT2D eigenvalue weighted by molar-refractivity contribution is 7.99. The number of aliphatic carboxylic acids is 1. The van der Waals surface area contributed by atoms with Crippen LogP contribution in [0.3, 0.4) is 0 Å². The number of carbonyl (C=O) groups excluding carboxylic acids is 1. The zero-order chi connectivity index (χ0) is 16.6. The van der Waals surface area contributed by atoms with Crippen LogP contribution in [0.15, 0.2) is 24.3 Å². The standard InChI is InChI=1S/C14H19NO5S2/c1-2-6-22(19,20)10-13(16)15-12-5-3-4-11(7-12)8-21-9-14(17)18/h3-5,7H,2,6,8-10H2,1H3,(H,15,16)(H,17,18). The van der Waals surface area contributed by atoms with Gasteiger partial charge in [0, 0.05) is 11.4 Å². The maximum absolute atomic E-state index is 11.7. The molecular formula is C14H19NO5S2. The third-order valence-electron chi connectivity index (χ3n) is 2.57. The van der Waals surface area contributed by atoms with Gasteiger partial charge in [0.2, 0.25) is 5.91 Å². The maximum Gasteiger partial charge on any atom is 0.313 e. The molecule has 122 valence electrons. The third kappa shape index (κ3) is 7.46. The van der Waals surface area contributed by atoms with Gasteiger partial charge in [-0.2, -0.15) is 0 Å². The highest BCUT2D eigenvalue weighted by atomic mass is 32.2. The molecule has 0 fully saturated rings. The SMILES string of the molecule is CCCS(=O)(=O)CC(=O)Nc1cccc(CSCC(=O)O)c1. The molecule has 1 amide bonds. The third-order valence-corrected chi connectivity index (χ3v) is 5.29. The quantitative estimate of drug-likeness (QED) is 0.707. The fourth-order valence-corrected chi connectivity index (χ4v) is 3.70. The summed E-state index contributed by atoms with van der Waals surface area (Å²) in [6, 6.07) is 6.92. The number of nitrogens with one attached hydrogen (secondary N) is 1. The number of thioether (sulfide) groups is 1. The van der Waals surface area contributed by atoms with E-state index in [0.717, 1.165) is 5.56 Å². The average Bonchev–Trinajstić information content (AvgIpc) is 2.37. The molecule has 1 aromatic carbocycles. The summed E-state index contributed by atoms with van der Waals surface area (Å²) in [5.74, 6) is -1.47. The minimum absolute atomic E-state index is 0.00580. The molecule has 1 rings (SSSR count). The van der Waals surface area contributed by atoms with Gasteiger partial charge >= 0.3 is 5.97 Å². The molecule has 0 unspecified atom stereocenters. The molecule has 6 nitrogen and oxygen atoms in total. The van der Waals surface area contributed by atoms with E-state index in [1.165, 1.54) is 11.8 Å². The normalized spacial score (nSPS) is 11.1. The van der Waals surface area contributed by atoms with Crippen molar-refractivity contribution in [2.24, 2.45) is 0 Å². The van der Waals surface area contributed by atoms with Crippen LogP contribution in [0.25, 0.3) is 0 Å². The molecule has 8 heteroatoms. The van der Waals surface area contributed by atoms with Crippen LogP contribution in [0.2, 0.25) is 0 Å². The average molecular weight is 345 g/mol. The number of carboxylic acids is 1. The van der Waals surface area contributed by atoms with Gasteiger partial charge in [-0.05, 0) is 24.1 Å². The summed E-state index contributed by atoms with van der Waals surface area (Å²) in [5.41, 5.74) is 1.37. The number of benzene rings is 1. The number of hydrogen-bond donors (Lipinski definition) is 2. The minimum Gasteiger partial charge on any atom is -0.481 e. The molecule has 0 saturated heterocycles. The van der Waals surface area contributed by atoms with E-state index >= 15 is 0 Å². The molecule has 0 saturated carbocycles. The van der Waals surface area contributed by atoms with Gasteiger partial charge in [0.15, 0.2) is 9.84 Å². The van der Waals surface area contributed by atoms with Crippen molar-refractivity contribution in [3.63, 3.8) is 0 Å². The van der Waals surface area contributed by atoms with Crippen LogP contribution in [0.4, 0.5) is 5.69 Å². The van der Waals surface area contributed by atoms with Gasteiger partial charge in [-0.15, -0.1) is 11.8 Å². The summed E-state index contributed by atoms with van der Waals surface area (Å²) in [6.45, 7) is 1.74. The van der Waals surface area contributed by atoms with Crippen molar-refractivity contribution in [1.82, 2.24) is 0 Å². The summed E-state index contributed by atoms with van der Waals surface area (Å²) in [4.78, 5) is 22.2. The molecule has 0 bridgehead atoms. The smallest absolute Gasteiger partial charge is 0.313 e. The molecule has 0 spiro atoms. The van der Waals surface area contributed by atoms with Crippen molar-refractivity contribution in [2.75, 3.05) is 22.6 Å². The molecule has 1 aromatic rings. The van der Waals surface area contributed by atoms with Gasteiger partial charge in [-0.3, -0.25) is 9.59 Å². The Balaban J connectivity index is 2.58. The minimum atomic E-state index is -3.37. The number of sulfone groups is 1. The first kappa shape index (κ1) is 18.5. The molecule has 0 aromatic heterocycles. The molecule has 2 N–H and O–H groups in total. The summed E-state index contributed by atoms with van der Waals surface area (Å²) in [7, 11) is -3.37. The van der Waals surface area contributed by atoms with Crippen molar-refractivity contribution < 1.29 is 23.1 Å². The van der Waals surface area contributed by atoms with Crippen LogP contribution in [-0.2, 0) is 25.2 Å². The Morgan fingerprint density at radius 3 is 2.68 bits per heavy atom. The van der Waals surface area contributed by atoms with Crippen LogP contribution in [-0.4, -0.2) is 42.7 Å². The van der Waals surface area contributed by atoms with Gasteiger partial charge in [-0.1, -0.05) is 19.1 Å². The first-order valence-electron chi connectivity index (χ1n) is 6.71. The number of hydrogen-bond acceptors (Lipinski definition) is 5. The Kier molecular flexibility index (Phi) is 7.40. The van der Waals surface area contributed by atoms with E-state index in [-0.39, 0.29) is 11.5 Å². The molecule has 0 aliphatic heterocycles. The predicted molar refractivity (Wildman–Crippen MR) is 87.8 cm³/mol. The van der Waals surface area contributed by atoms with Crippen LogP contribution in [0.1, 0.15) is 18.9 Å². The van der Waals surface area contributed by atoms with E-state index in [1.54, 1.807) is 25.1 Å². The summed E-state index contributed by atoms with van der Waals surface area (Å²) in [5, 5.41) is 11.1. The van der Waals surface area contributed by atoms with Crippen molar-refractivity contribution in [2.45, 2.75) is 19.1 Å². The van der Waals surface area contributed by atoms with Crippen molar-refractivity contribution in [3.05, 3.63) is 29.8 Å². The van der Waals surface area contributed by atoms with Gasteiger partial charge < -0.3 is 10.4 Å². The summed E-state index contributed by atoms with van der Waals surface area (Å²) in [6.07, 6.45) is 0.478. The molecule has 0 heterocycles. The molecule has 22 heavy (non-hydrogen) atoms. The van der Waals surface area contributed by atoms with Gasteiger partial charge in [0.25, 0.3) is 0 Å². The highest BCUT2D eigenvalue weighted by Crippen LogP contribution is 2.16. The lowest BCUT2D eigenvalue weighted by Crippen LogP contribution is -2.24. The Labute approximate surface area is 134 Å². The second kappa shape index (κ2) is 8.79. The van der Waals surface area contributed by atoms with Crippen LogP contribution in [0.5, 0.6) is 0 Å². The Hall–Kier alpha value is -1.54. The van der Waals surface area contributed by atoms with Crippen LogP contribution in [0, 0.1) is 0 Å². The van der Waals surface area contributed by atoms with Gasteiger partial charge in [-0.25, -0.2) is 8.42 Å². The second-order valence-electron chi connectivity index (χ2n) is 4.73. The van der Waals surface area contributed by atoms with Gasteiger partial charge in [0.1, 0.15) is 5.75 Å². The predicted octanol–water partition coefficient (Wildman–Crippen LogP) is 1.77. The lowest BCUT2D eigenvalue weighted by molar-refractivity contribution is -0.133. The van der Waals surface area contributed by atoms with Crippen molar-refractivity contribution >= 4 is 39.2 Å². The molecule has 0 radical (unpaired) electrons. The largest absolute Gasteiger partial charge is 0.481 e. The van der Waals surface area contributed by atoms with Crippen LogP contribution < -0.4 is 5.32 Å². The topological polar surface area (TPSA) is 101 Å². The lowest BCUT2D eigenvalue weighted by Gasteiger charge is -2.07. The molecule has 0 aliphatic carbocycles. The Morgan fingerprint density at radius 2 is 2.05 bits per heavy atom. The van der Waals surface area contributed by atoms with E-state index < -0.39 is 27.5 Å². The number of rotatable bonds is 9. The van der Waals surface area contributed by atoms with Crippen molar-refractivity contribution in [1.29, 1.82) is 0 Å².